The lowest BCUT2D eigenvalue weighted by Crippen LogP contribution is -2.49. The Bertz CT molecular complexity index is 476. The Hall–Kier alpha value is -1.53. The fourth-order valence-electron chi connectivity index (χ4n) is 1.16. The van der Waals surface area contributed by atoms with Gasteiger partial charge in [-0.15, -0.1) is 0 Å². The lowest BCUT2D eigenvalue weighted by Gasteiger charge is -2.37. The van der Waals surface area contributed by atoms with Crippen molar-refractivity contribution in [3.63, 3.8) is 0 Å². The number of hydrogen-bond acceptors (Lipinski definition) is 4. The van der Waals surface area contributed by atoms with Gasteiger partial charge in [-0.3, -0.25) is 0 Å². The van der Waals surface area contributed by atoms with Crippen molar-refractivity contribution >= 4 is 18.9 Å². The topological polar surface area (TPSA) is 87.0 Å². The maximum absolute atomic E-state index is 10.9. The van der Waals surface area contributed by atoms with Crippen molar-refractivity contribution in [1.82, 2.24) is 0 Å². The van der Waals surface area contributed by atoms with E-state index in [0.717, 1.165) is 0 Å². The fraction of sp³-hybridized carbons (Fsp3) is 0.462. The Kier molecular flexibility index (Phi) is 4.27. The molecule has 5 nitrogen and oxygen atoms in total. The highest BCUT2D eigenvalue weighted by atomic mass is 16.5. The molecule has 0 fully saturated rings. The number of aliphatic hydroxyl groups is 1. The second kappa shape index (κ2) is 5.23. The molecule has 0 atom stereocenters. The highest BCUT2D eigenvalue weighted by molar-refractivity contribution is 6.47. The Morgan fingerprint density at radius 2 is 1.84 bits per heavy atom. The van der Waals surface area contributed by atoms with E-state index in [1.54, 1.807) is 27.7 Å². The maximum atomic E-state index is 10.9. The van der Waals surface area contributed by atoms with E-state index in [-0.39, 0.29) is 11.3 Å². The minimum Gasteiger partial charge on any atom is -0.507 e. The van der Waals surface area contributed by atoms with Crippen LogP contribution in [-0.4, -0.2) is 40.0 Å². The van der Waals surface area contributed by atoms with Gasteiger partial charge in [-0.05, 0) is 39.8 Å². The van der Waals surface area contributed by atoms with Gasteiger partial charge in [0.25, 0.3) is 0 Å². The first-order valence-electron chi connectivity index (χ1n) is 5.84. The number of hydrogen-bond donors (Lipinski definition) is 3. The van der Waals surface area contributed by atoms with Gasteiger partial charge in [-0.2, -0.15) is 0 Å². The highest BCUT2D eigenvalue weighted by Crippen LogP contribution is 2.24. The summed E-state index contributed by atoms with van der Waals surface area (Å²) >= 11 is 0. The van der Waals surface area contributed by atoms with E-state index >= 15 is 0 Å². The Morgan fingerprint density at radius 3 is 2.32 bits per heavy atom. The van der Waals surface area contributed by atoms with Gasteiger partial charge in [-0.25, -0.2) is 4.79 Å². The normalized spacial score (nSPS) is 12.3. The summed E-state index contributed by atoms with van der Waals surface area (Å²) in [7, 11) is 1.36. The lowest BCUT2D eigenvalue weighted by atomic mass is 9.82. The minimum atomic E-state index is -1.21. The SMILES string of the molecule is CC(C)(O)C(C)(C)O[B]c1ccc(O)c(C(=O)O)c1. The van der Waals surface area contributed by atoms with Crippen molar-refractivity contribution in [2.45, 2.75) is 38.9 Å². The molecule has 0 aliphatic carbocycles. The molecule has 0 aliphatic heterocycles. The highest BCUT2D eigenvalue weighted by Gasteiger charge is 2.35. The molecule has 1 radical (unpaired) electrons. The number of carboxylic acid groups (broad SMARTS) is 1. The maximum Gasteiger partial charge on any atom is 0.339 e. The molecular formula is C13H18BO5. The number of rotatable bonds is 5. The summed E-state index contributed by atoms with van der Waals surface area (Å²) in [5, 5.41) is 28.2. The van der Waals surface area contributed by atoms with Crippen molar-refractivity contribution in [3.8, 4) is 5.75 Å². The number of carboxylic acids is 1. The predicted molar refractivity (Wildman–Crippen MR) is 71.9 cm³/mol. The van der Waals surface area contributed by atoms with Crippen LogP contribution in [0.5, 0.6) is 5.75 Å². The Morgan fingerprint density at radius 1 is 1.26 bits per heavy atom. The summed E-state index contributed by atoms with van der Waals surface area (Å²) in [6, 6.07) is 4.12. The molecule has 0 heterocycles. The van der Waals surface area contributed by atoms with E-state index in [1.165, 1.54) is 25.7 Å². The van der Waals surface area contributed by atoms with Crippen molar-refractivity contribution < 1.29 is 24.8 Å². The molecule has 0 saturated carbocycles. The van der Waals surface area contributed by atoms with Gasteiger partial charge in [0.2, 0.25) is 0 Å². The van der Waals surface area contributed by atoms with Crippen LogP contribution in [0.2, 0.25) is 0 Å². The number of aromatic hydroxyl groups is 1. The molecule has 0 unspecified atom stereocenters. The van der Waals surface area contributed by atoms with Gasteiger partial charge in [0.15, 0.2) is 0 Å². The molecule has 1 aromatic carbocycles. The fourth-order valence-corrected chi connectivity index (χ4v) is 1.16. The van der Waals surface area contributed by atoms with Crippen LogP contribution in [0.1, 0.15) is 38.1 Å². The van der Waals surface area contributed by atoms with Crippen LogP contribution in [0.4, 0.5) is 0 Å². The molecule has 0 spiro atoms. The van der Waals surface area contributed by atoms with Gasteiger partial charge in [0.1, 0.15) is 11.3 Å². The molecule has 6 heteroatoms. The monoisotopic (exact) mass is 265 g/mol. The third-order valence-electron chi connectivity index (χ3n) is 3.21. The standard InChI is InChI=1S/C13H18BO5/c1-12(2,18)13(3,4)19-14-8-5-6-10(15)9(7-8)11(16)17/h5-7,15,18H,1-4H3,(H,16,17). The van der Waals surface area contributed by atoms with Crippen molar-refractivity contribution in [3.05, 3.63) is 23.8 Å². The molecule has 0 aliphatic rings. The zero-order valence-electron chi connectivity index (χ0n) is 11.5. The van der Waals surface area contributed by atoms with E-state index in [4.69, 9.17) is 9.76 Å². The van der Waals surface area contributed by atoms with Gasteiger partial charge >= 0.3 is 13.5 Å². The summed E-state index contributed by atoms with van der Waals surface area (Å²) in [5.41, 5.74) is -1.60. The molecule has 0 bridgehead atoms. The Balaban J connectivity index is 2.85. The minimum absolute atomic E-state index is 0.196. The number of benzene rings is 1. The third-order valence-corrected chi connectivity index (χ3v) is 3.21. The third kappa shape index (κ3) is 3.72. The van der Waals surface area contributed by atoms with Gasteiger partial charge in [0, 0.05) is 0 Å². The van der Waals surface area contributed by atoms with E-state index in [2.05, 4.69) is 0 Å². The summed E-state index contributed by atoms with van der Waals surface area (Å²) in [6.45, 7) is 6.70. The smallest absolute Gasteiger partial charge is 0.339 e. The molecule has 19 heavy (non-hydrogen) atoms. The van der Waals surface area contributed by atoms with Crippen LogP contribution in [0.3, 0.4) is 0 Å². The van der Waals surface area contributed by atoms with Crippen molar-refractivity contribution in [1.29, 1.82) is 0 Å². The van der Waals surface area contributed by atoms with Crippen molar-refractivity contribution in [2.75, 3.05) is 0 Å². The van der Waals surface area contributed by atoms with E-state index in [0.29, 0.717) is 5.46 Å². The molecule has 0 aromatic heterocycles. The zero-order chi connectivity index (χ0) is 14.8. The predicted octanol–water partition coefficient (Wildman–Crippen LogP) is 0.901. The summed E-state index contributed by atoms with van der Waals surface area (Å²) in [4.78, 5) is 10.9. The van der Waals surface area contributed by atoms with E-state index in [9.17, 15) is 15.0 Å². The summed E-state index contributed by atoms with van der Waals surface area (Å²) in [6.07, 6.45) is 0. The first-order chi connectivity index (χ1) is 8.54. The second-order valence-corrected chi connectivity index (χ2v) is 5.39. The lowest BCUT2D eigenvalue weighted by molar-refractivity contribution is -0.0893. The quantitative estimate of drug-likeness (QED) is 0.688. The molecular weight excluding hydrogens is 247 g/mol. The van der Waals surface area contributed by atoms with Crippen LogP contribution in [0.15, 0.2) is 18.2 Å². The van der Waals surface area contributed by atoms with Crippen LogP contribution in [-0.2, 0) is 4.65 Å². The average Bonchev–Trinajstić information content (AvgIpc) is 2.26. The summed E-state index contributed by atoms with van der Waals surface area (Å²) in [5.74, 6) is -1.51. The second-order valence-electron chi connectivity index (χ2n) is 5.39. The van der Waals surface area contributed by atoms with E-state index in [1.807, 2.05) is 0 Å². The van der Waals surface area contributed by atoms with Gasteiger partial charge in [-0.1, -0.05) is 11.5 Å². The van der Waals surface area contributed by atoms with Crippen LogP contribution in [0.25, 0.3) is 0 Å². The summed E-state index contributed by atoms with van der Waals surface area (Å²) < 4.78 is 5.51. The number of carbonyl (C=O) groups is 1. The molecule has 1 rings (SSSR count). The largest absolute Gasteiger partial charge is 0.507 e. The van der Waals surface area contributed by atoms with Gasteiger partial charge in [0.05, 0.1) is 11.2 Å². The van der Waals surface area contributed by atoms with E-state index < -0.39 is 17.2 Å². The van der Waals surface area contributed by atoms with Crippen LogP contribution >= 0.6 is 0 Å². The zero-order valence-corrected chi connectivity index (χ0v) is 11.5. The molecule has 3 N–H and O–H groups in total. The number of phenols is 1. The molecule has 0 saturated heterocycles. The number of aromatic carboxylic acids is 1. The van der Waals surface area contributed by atoms with Gasteiger partial charge < -0.3 is 20.0 Å². The van der Waals surface area contributed by atoms with Crippen LogP contribution in [0, 0.1) is 0 Å². The molecule has 1 aromatic rings. The Labute approximate surface area is 113 Å². The molecule has 0 amide bonds. The first-order valence-corrected chi connectivity index (χ1v) is 5.84. The van der Waals surface area contributed by atoms with Crippen LogP contribution < -0.4 is 5.46 Å². The molecule has 103 valence electrons. The first kappa shape index (κ1) is 15.5. The average molecular weight is 265 g/mol. The van der Waals surface area contributed by atoms with Crippen molar-refractivity contribution in [2.24, 2.45) is 0 Å².